The zero-order valence-electron chi connectivity index (χ0n) is 9.74. The van der Waals surface area contributed by atoms with Crippen LogP contribution in [0, 0.1) is 0 Å². The molecular weight excluding hydrogens is 290 g/mol. The number of para-hydroxylation sites is 2. The SMILES string of the molecule is FP(/N=[PH](/F)Oc1ccccc1)Oc1ccccc1. The van der Waals surface area contributed by atoms with Crippen LogP contribution in [0.25, 0.3) is 0 Å². The molecule has 2 atom stereocenters. The normalized spacial score (nSPS) is 13.8. The number of hydrogen-bond donors (Lipinski definition) is 0. The van der Waals surface area contributed by atoms with Crippen molar-refractivity contribution < 1.29 is 17.4 Å². The van der Waals surface area contributed by atoms with Gasteiger partial charge >= 0.3 is 8.61 Å². The average molecular weight is 301 g/mol. The summed E-state index contributed by atoms with van der Waals surface area (Å²) >= 11 is 0. The quantitative estimate of drug-likeness (QED) is 0.679. The number of nitrogens with zero attached hydrogens (tertiary/aromatic N) is 1. The van der Waals surface area contributed by atoms with E-state index in [-0.39, 0.29) is 0 Å². The van der Waals surface area contributed by atoms with Crippen molar-refractivity contribution >= 4 is 16.9 Å². The zero-order valence-corrected chi connectivity index (χ0v) is 11.6. The van der Waals surface area contributed by atoms with Gasteiger partial charge in [0.05, 0.1) is 0 Å². The van der Waals surface area contributed by atoms with Gasteiger partial charge in [0.2, 0.25) is 0 Å². The van der Waals surface area contributed by atoms with Crippen LogP contribution >= 0.6 is 16.9 Å². The van der Waals surface area contributed by atoms with Gasteiger partial charge in [-0.15, -0.1) is 4.52 Å². The van der Waals surface area contributed by atoms with Crippen molar-refractivity contribution in [3.05, 3.63) is 60.7 Å². The molecule has 0 aromatic heterocycles. The third-order valence-electron chi connectivity index (χ3n) is 2.03. The Labute approximate surface area is 111 Å². The Morgan fingerprint density at radius 1 is 0.895 bits per heavy atom. The molecule has 0 N–H and O–H groups in total. The minimum absolute atomic E-state index is 0.314. The van der Waals surface area contributed by atoms with Crippen molar-refractivity contribution in [1.82, 2.24) is 0 Å². The molecule has 0 heterocycles. The lowest BCUT2D eigenvalue weighted by atomic mass is 10.3. The van der Waals surface area contributed by atoms with Crippen molar-refractivity contribution in [3.63, 3.8) is 0 Å². The minimum Gasteiger partial charge on any atom is -0.437 e. The summed E-state index contributed by atoms with van der Waals surface area (Å²) in [6.07, 6.45) is 0. The molecule has 0 aliphatic heterocycles. The Bertz CT molecular complexity index is 540. The Morgan fingerprint density at radius 2 is 1.42 bits per heavy atom. The van der Waals surface area contributed by atoms with E-state index in [0.29, 0.717) is 11.5 Å². The van der Waals surface area contributed by atoms with Crippen LogP contribution in [-0.4, -0.2) is 0 Å². The molecular formula is C12H11F2NO2P2. The fourth-order valence-corrected chi connectivity index (χ4v) is 2.70. The minimum atomic E-state index is -3.11. The maximum absolute atomic E-state index is 13.5. The number of rotatable bonds is 5. The van der Waals surface area contributed by atoms with Gasteiger partial charge in [-0.3, -0.25) is 0 Å². The lowest BCUT2D eigenvalue weighted by Crippen LogP contribution is -1.80. The first kappa shape index (κ1) is 14.0. The molecule has 0 radical (unpaired) electrons. The van der Waals surface area contributed by atoms with Crippen LogP contribution in [0.15, 0.2) is 65.2 Å². The monoisotopic (exact) mass is 301 g/mol. The highest BCUT2D eigenvalue weighted by molar-refractivity contribution is 7.54. The fraction of sp³-hybridized carbons (Fsp3) is 0. The van der Waals surface area contributed by atoms with Gasteiger partial charge in [-0.25, -0.2) is 0 Å². The summed E-state index contributed by atoms with van der Waals surface area (Å²) < 4.78 is 39.9. The third-order valence-corrected chi connectivity index (χ3v) is 4.05. The molecule has 2 rings (SSSR count). The van der Waals surface area contributed by atoms with E-state index >= 15 is 0 Å². The predicted octanol–water partition coefficient (Wildman–Crippen LogP) is 5.54. The summed E-state index contributed by atoms with van der Waals surface area (Å²) in [7, 11) is -5.83. The van der Waals surface area contributed by atoms with Crippen LogP contribution in [-0.2, 0) is 0 Å². The summed E-state index contributed by atoms with van der Waals surface area (Å²) in [6.45, 7) is 0. The summed E-state index contributed by atoms with van der Waals surface area (Å²) in [5.41, 5.74) is 0. The molecule has 2 aromatic rings. The summed E-state index contributed by atoms with van der Waals surface area (Å²) in [5.74, 6) is 0.639. The van der Waals surface area contributed by atoms with Gasteiger partial charge in [-0.05, 0) is 24.3 Å². The Kier molecular flexibility index (Phi) is 5.31. The highest BCUT2D eigenvalue weighted by Gasteiger charge is 2.10. The molecule has 2 unspecified atom stereocenters. The first-order valence-corrected chi connectivity index (χ1v) is 7.73. The van der Waals surface area contributed by atoms with Crippen LogP contribution in [0.2, 0.25) is 0 Å². The van der Waals surface area contributed by atoms with Crippen LogP contribution in [0.3, 0.4) is 0 Å². The molecule has 2 aromatic carbocycles. The van der Waals surface area contributed by atoms with E-state index in [1.54, 1.807) is 60.7 Å². The second-order valence-electron chi connectivity index (χ2n) is 3.40. The van der Waals surface area contributed by atoms with Crippen LogP contribution < -0.4 is 9.05 Å². The molecule has 0 saturated heterocycles. The number of halogens is 2. The van der Waals surface area contributed by atoms with Gasteiger partial charge < -0.3 is 9.05 Å². The van der Waals surface area contributed by atoms with Crippen molar-refractivity contribution in [3.8, 4) is 11.5 Å². The lowest BCUT2D eigenvalue weighted by molar-refractivity contribution is 0.556. The molecule has 100 valence electrons. The topological polar surface area (TPSA) is 30.8 Å². The van der Waals surface area contributed by atoms with Crippen molar-refractivity contribution in [2.45, 2.75) is 0 Å². The summed E-state index contributed by atoms with van der Waals surface area (Å²) in [6, 6.07) is 16.6. The second kappa shape index (κ2) is 7.22. The van der Waals surface area contributed by atoms with Gasteiger partial charge in [0.15, 0.2) is 0 Å². The van der Waals surface area contributed by atoms with E-state index in [1.165, 1.54) is 0 Å². The average Bonchev–Trinajstić information content (AvgIpc) is 2.40. The smallest absolute Gasteiger partial charge is 0.418 e. The summed E-state index contributed by atoms with van der Waals surface area (Å²) in [5, 5.41) is 0. The van der Waals surface area contributed by atoms with Gasteiger partial charge in [0.25, 0.3) is 8.25 Å². The van der Waals surface area contributed by atoms with Crippen LogP contribution in [0.1, 0.15) is 0 Å². The maximum Gasteiger partial charge on any atom is 0.418 e. The Morgan fingerprint density at radius 3 is 2.00 bits per heavy atom. The van der Waals surface area contributed by atoms with E-state index in [9.17, 15) is 8.39 Å². The fourth-order valence-electron chi connectivity index (χ4n) is 1.26. The predicted molar refractivity (Wildman–Crippen MR) is 74.0 cm³/mol. The first-order valence-electron chi connectivity index (χ1n) is 5.40. The maximum atomic E-state index is 13.5. The van der Waals surface area contributed by atoms with E-state index in [1.807, 2.05) is 0 Å². The van der Waals surface area contributed by atoms with E-state index < -0.39 is 16.9 Å². The summed E-state index contributed by atoms with van der Waals surface area (Å²) in [4.78, 5) is 0. The van der Waals surface area contributed by atoms with Crippen molar-refractivity contribution in [2.24, 2.45) is 4.52 Å². The van der Waals surface area contributed by atoms with Gasteiger partial charge in [-0.1, -0.05) is 36.4 Å². The highest BCUT2D eigenvalue weighted by Crippen LogP contribution is 2.49. The highest BCUT2D eigenvalue weighted by atomic mass is 31.2. The van der Waals surface area contributed by atoms with Gasteiger partial charge in [0, 0.05) is 0 Å². The van der Waals surface area contributed by atoms with E-state index in [2.05, 4.69) is 4.52 Å². The largest absolute Gasteiger partial charge is 0.437 e. The number of benzene rings is 2. The molecule has 19 heavy (non-hydrogen) atoms. The Hall–Kier alpha value is -1.44. The van der Waals surface area contributed by atoms with Gasteiger partial charge in [-0.2, -0.15) is 8.39 Å². The zero-order chi connectivity index (χ0) is 13.5. The molecule has 7 heteroatoms. The Balaban J connectivity index is 1.93. The van der Waals surface area contributed by atoms with Crippen molar-refractivity contribution in [1.29, 1.82) is 0 Å². The number of hydrogen-bond acceptors (Lipinski definition) is 3. The standard InChI is InChI=1S/C12H11F2NO2P2/c13-18(16-11-7-3-1-4-8-11)15-19(14)17-12-9-5-2-6-10-12/h1-10,18H. The first-order chi connectivity index (χ1) is 9.24. The second-order valence-corrected chi connectivity index (χ2v) is 5.54. The lowest BCUT2D eigenvalue weighted by Gasteiger charge is -2.06. The molecule has 0 spiro atoms. The van der Waals surface area contributed by atoms with Crippen LogP contribution in [0.5, 0.6) is 11.5 Å². The molecule has 0 aliphatic carbocycles. The van der Waals surface area contributed by atoms with Crippen molar-refractivity contribution in [2.75, 3.05) is 0 Å². The third kappa shape index (κ3) is 4.98. The molecule has 0 saturated carbocycles. The molecule has 3 nitrogen and oxygen atoms in total. The van der Waals surface area contributed by atoms with E-state index in [0.717, 1.165) is 0 Å². The van der Waals surface area contributed by atoms with Gasteiger partial charge in [0.1, 0.15) is 11.5 Å². The van der Waals surface area contributed by atoms with Crippen LogP contribution in [0.4, 0.5) is 8.39 Å². The molecule has 0 bridgehead atoms. The molecule has 0 fully saturated rings. The molecule has 0 amide bonds. The molecule has 0 aliphatic rings. The van der Waals surface area contributed by atoms with E-state index in [4.69, 9.17) is 9.05 Å².